The lowest BCUT2D eigenvalue weighted by atomic mass is 10.1. The maximum atomic E-state index is 12.2. The molecule has 0 bridgehead atoms. The number of carbonyl (C=O) groups is 2. The van der Waals surface area contributed by atoms with Gasteiger partial charge >= 0.3 is 0 Å². The lowest BCUT2D eigenvalue weighted by molar-refractivity contribution is 0.100. The monoisotopic (exact) mass is 317 g/mol. The van der Waals surface area contributed by atoms with Gasteiger partial charge in [-0.05, 0) is 42.3 Å². The molecule has 0 unspecified atom stereocenters. The quantitative estimate of drug-likeness (QED) is 0.858. The van der Waals surface area contributed by atoms with E-state index < -0.39 is 5.91 Å². The molecule has 0 radical (unpaired) electrons. The van der Waals surface area contributed by atoms with E-state index in [0.717, 1.165) is 30.4 Å². The van der Waals surface area contributed by atoms with Crippen molar-refractivity contribution in [1.82, 2.24) is 4.98 Å². The molecule has 0 fully saturated rings. The van der Waals surface area contributed by atoms with E-state index in [1.807, 2.05) is 6.07 Å². The summed E-state index contributed by atoms with van der Waals surface area (Å²) >= 11 is 1.28. The number of rotatable bonds is 6. The molecule has 0 aliphatic heterocycles. The fraction of sp³-hybridized carbons (Fsp3) is 0.312. The molecule has 116 valence electrons. The lowest BCUT2D eigenvalue weighted by Gasteiger charge is -2.05. The predicted molar refractivity (Wildman–Crippen MR) is 88.4 cm³/mol. The Bertz CT molecular complexity index is 677. The van der Waals surface area contributed by atoms with Gasteiger partial charge in [0, 0.05) is 6.20 Å². The van der Waals surface area contributed by atoms with Gasteiger partial charge in [0.25, 0.3) is 11.8 Å². The zero-order valence-corrected chi connectivity index (χ0v) is 13.5. The first-order valence-corrected chi connectivity index (χ1v) is 8.05. The second-order valence-corrected chi connectivity index (χ2v) is 5.98. The number of aromatic nitrogens is 1. The van der Waals surface area contributed by atoms with E-state index in [0.29, 0.717) is 16.3 Å². The van der Waals surface area contributed by atoms with Crippen molar-refractivity contribution in [2.24, 2.45) is 5.73 Å². The largest absolute Gasteiger partial charge is 0.365 e. The number of primary amides is 1. The average Bonchev–Trinajstić information content (AvgIpc) is 2.86. The van der Waals surface area contributed by atoms with Gasteiger partial charge < -0.3 is 11.1 Å². The van der Waals surface area contributed by atoms with Crippen molar-refractivity contribution in [3.05, 3.63) is 46.1 Å². The minimum atomic E-state index is -0.545. The van der Waals surface area contributed by atoms with Crippen molar-refractivity contribution < 1.29 is 9.59 Å². The number of thiophene rings is 1. The summed E-state index contributed by atoms with van der Waals surface area (Å²) < 4.78 is 0. The number of carbonyl (C=O) groups excluding carboxylic acids is 2. The summed E-state index contributed by atoms with van der Waals surface area (Å²) in [4.78, 5) is 27.8. The van der Waals surface area contributed by atoms with Crippen LogP contribution in [0.1, 0.15) is 51.7 Å². The predicted octanol–water partition coefficient (Wildman–Crippen LogP) is 3.15. The summed E-state index contributed by atoms with van der Waals surface area (Å²) in [6.45, 7) is 3.92. The van der Waals surface area contributed by atoms with Crippen molar-refractivity contribution in [1.29, 1.82) is 0 Å². The van der Waals surface area contributed by atoms with Crippen LogP contribution >= 0.6 is 11.3 Å². The van der Waals surface area contributed by atoms with Gasteiger partial charge in [-0.2, -0.15) is 0 Å². The number of aryl methyl sites for hydroxylation is 2. The molecule has 0 saturated heterocycles. The van der Waals surface area contributed by atoms with Gasteiger partial charge in [0.15, 0.2) is 0 Å². The lowest BCUT2D eigenvalue weighted by Crippen LogP contribution is -2.18. The number of unbranched alkanes of at least 4 members (excludes halogenated alkanes) is 1. The molecule has 6 heteroatoms. The molecule has 0 atom stereocenters. The standard InChI is InChI=1S/C16H19N3O2S/c1-3-4-5-11-6-7-12(18-8-11)15(21)19-16-13(14(17)20)10(2)9-22-16/h6-9H,3-5H2,1-2H3,(H2,17,20)(H,19,21). The fourth-order valence-electron chi connectivity index (χ4n) is 2.10. The van der Waals surface area contributed by atoms with Crippen LogP contribution in [-0.4, -0.2) is 16.8 Å². The van der Waals surface area contributed by atoms with Crippen LogP contribution in [0.3, 0.4) is 0 Å². The number of nitrogens with one attached hydrogen (secondary N) is 1. The SMILES string of the molecule is CCCCc1ccc(C(=O)Nc2scc(C)c2C(N)=O)nc1. The van der Waals surface area contributed by atoms with Crippen molar-refractivity contribution in [3.8, 4) is 0 Å². The number of anilines is 1. The van der Waals surface area contributed by atoms with Gasteiger partial charge in [0.2, 0.25) is 0 Å². The highest BCUT2D eigenvalue weighted by Gasteiger charge is 2.17. The molecule has 0 aliphatic rings. The molecule has 5 nitrogen and oxygen atoms in total. The highest BCUT2D eigenvalue weighted by Crippen LogP contribution is 2.27. The highest BCUT2D eigenvalue weighted by atomic mass is 32.1. The Morgan fingerprint density at radius 1 is 1.36 bits per heavy atom. The Kier molecular flexibility index (Phi) is 5.27. The van der Waals surface area contributed by atoms with Gasteiger partial charge in [0.05, 0.1) is 5.56 Å². The third-order valence-corrected chi connectivity index (χ3v) is 4.34. The molecule has 2 heterocycles. The number of hydrogen-bond donors (Lipinski definition) is 2. The van der Waals surface area contributed by atoms with E-state index in [1.54, 1.807) is 24.6 Å². The Labute approximate surface area is 133 Å². The molecule has 2 aromatic rings. The molecular formula is C16H19N3O2S. The summed E-state index contributed by atoms with van der Waals surface area (Å²) in [5.41, 5.74) is 7.90. The molecule has 0 aromatic carbocycles. The van der Waals surface area contributed by atoms with Crippen molar-refractivity contribution >= 4 is 28.2 Å². The van der Waals surface area contributed by atoms with E-state index in [4.69, 9.17) is 5.73 Å². The third kappa shape index (κ3) is 3.71. The number of hydrogen-bond acceptors (Lipinski definition) is 4. The van der Waals surface area contributed by atoms with Crippen LogP contribution in [0.15, 0.2) is 23.7 Å². The number of amides is 2. The second kappa shape index (κ2) is 7.17. The zero-order valence-electron chi connectivity index (χ0n) is 12.7. The zero-order chi connectivity index (χ0) is 16.1. The molecule has 22 heavy (non-hydrogen) atoms. The van der Waals surface area contributed by atoms with Crippen LogP contribution in [0.25, 0.3) is 0 Å². The van der Waals surface area contributed by atoms with Gasteiger partial charge in [-0.1, -0.05) is 19.4 Å². The third-order valence-electron chi connectivity index (χ3n) is 3.32. The summed E-state index contributed by atoms with van der Waals surface area (Å²) in [7, 11) is 0. The first-order valence-electron chi connectivity index (χ1n) is 7.17. The first-order chi connectivity index (χ1) is 10.5. The molecule has 3 N–H and O–H groups in total. The number of pyridine rings is 1. The molecule has 2 aromatic heterocycles. The van der Waals surface area contributed by atoms with E-state index in [-0.39, 0.29) is 5.91 Å². The number of nitrogens with zero attached hydrogens (tertiary/aromatic N) is 1. The molecule has 0 aliphatic carbocycles. The highest BCUT2D eigenvalue weighted by molar-refractivity contribution is 7.15. The maximum Gasteiger partial charge on any atom is 0.274 e. The molecule has 2 amide bonds. The van der Waals surface area contributed by atoms with Gasteiger partial charge in [-0.15, -0.1) is 11.3 Å². The Morgan fingerprint density at radius 2 is 2.14 bits per heavy atom. The van der Waals surface area contributed by atoms with E-state index in [1.165, 1.54) is 11.3 Å². The molecule has 2 rings (SSSR count). The Hall–Kier alpha value is -2.21. The molecular weight excluding hydrogens is 298 g/mol. The first kappa shape index (κ1) is 16.2. The van der Waals surface area contributed by atoms with E-state index in [9.17, 15) is 9.59 Å². The van der Waals surface area contributed by atoms with Crippen molar-refractivity contribution in [2.45, 2.75) is 33.1 Å². The van der Waals surface area contributed by atoms with Crippen molar-refractivity contribution in [2.75, 3.05) is 5.32 Å². The van der Waals surface area contributed by atoms with Crippen LogP contribution < -0.4 is 11.1 Å². The fourth-order valence-corrected chi connectivity index (χ4v) is 3.04. The summed E-state index contributed by atoms with van der Waals surface area (Å²) in [6.07, 6.45) is 4.90. The second-order valence-electron chi connectivity index (χ2n) is 5.10. The minimum absolute atomic E-state index is 0.321. The van der Waals surface area contributed by atoms with Gasteiger partial charge in [0.1, 0.15) is 10.7 Å². The van der Waals surface area contributed by atoms with E-state index >= 15 is 0 Å². The summed E-state index contributed by atoms with van der Waals surface area (Å²) in [5.74, 6) is -0.886. The Morgan fingerprint density at radius 3 is 2.73 bits per heavy atom. The molecule has 0 saturated carbocycles. The van der Waals surface area contributed by atoms with Crippen molar-refractivity contribution in [3.63, 3.8) is 0 Å². The normalized spacial score (nSPS) is 10.5. The van der Waals surface area contributed by atoms with E-state index in [2.05, 4.69) is 17.2 Å². The van der Waals surface area contributed by atoms with Gasteiger partial charge in [-0.25, -0.2) is 0 Å². The number of nitrogens with two attached hydrogens (primary N) is 1. The van der Waals surface area contributed by atoms with Crippen LogP contribution in [0, 0.1) is 6.92 Å². The summed E-state index contributed by atoms with van der Waals surface area (Å²) in [5, 5.41) is 4.96. The maximum absolute atomic E-state index is 12.2. The Balaban J connectivity index is 2.11. The smallest absolute Gasteiger partial charge is 0.274 e. The van der Waals surface area contributed by atoms with Crippen LogP contribution in [0.4, 0.5) is 5.00 Å². The van der Waals surface area contributed by atoms with Crippen LogP contribution in [0.5, 0.6) is 0 Å². The van der Waals surface area contributed by atoms with Gasteiger partial charge in [-0.3, -0.25) is 14.6 Å². The molecule has 0 spiro atoms. The van der Waals surface area contributed by atoms with Crippen LogP contribution in [0.2, 0.25) is 0 Å². The average molecular weight is 317 g/mol. The van der Waals surface area contributed by atoms with Crippen LogP contribution in [-0.2, 0) is 6.42 Å². The topological polar surface area (TPSA) is 85.1 Å². The summed E-state index contributed by atoms with van der Waals surface area (Å²) in [6, 6.07) is 3.61. The minimum Gasteiger partial charge on any atom is -0.365 e.